The largest absolute Gasteiger partial charge is 0.338 e. The molecule has 2 rings (SSSR count). The Balaban J connectivity index is 1.91. The van der Waals surface area contributed by atoms with Gasteiger partial charge in [-0.2, -0.15) is 0 Å². The minimum atomic E-state index is -3.19. The molecule has 0 radical (unpaired) electrons. The van der Waals surface area contributed by atoms with E-state index in [2.05, 4.69) is 16.9 Å². The minimum Gasteiger partial charge on any atom is -0.338 e. The molecule has 0 saturated carbocycles. The SMILES string of the molecule is CS(=O)(=O)NC[C@H]1CCCCN1C(=O)C[C@@H]1C=CCC1. The Morgan fingerprint density at radius 2 is 2.15 bits per heavy atom. The van der Waals surface area contributed by atoms with Gasteiger partial charge >= 0.3 is 0 Å². The standard InChI is InChI=1S/C14H24N2O3S/c1-20(18,19)15-11-13-8-4-5-9-16(13)14(17)10-12-6-2-3-7-12/h2,6,12-13,15H,3-5,7-11H2,1H3/t12-,13-/m1/s1. The van der Waals surface area contributed by atoms with Crippen molar-refractivity contribution in [3.05, 3.63) is 12.2 Å². The van der Waals surface area contributed by atoms with E-state index in [1.54, 1.807) is 0 Å². The molecule has 0 aromatic carbocycles. The molecule has 0 bridgehead atoms. The Bertz CT molecular complexity index is 473. The van der Waals surface area contributed by atoms with Crippen LogP contribution in [0, 0.1) is 5.92 Å². The highest BCUT2D eigenvalue weighted by Crippen LogP contribution is 2.24. The number of hydrogen-bond acceptors (Lipinski definition) is 3. The van der Waals surface area contributed by atoms with E-state index in [1.807, 2.05) is 4.90 Å². The third kappa shape index (κ3) is 4.59. The van der Waals surface area contributed by atoms with Crippen molar-refractivity contribution in [2.75, 3.05) is 19.3 Å². The number of sulfonamides is 1. The summed E-state index contributed by atoms with van der Waals surface area (Å²) in [6.45, 7) is 1.09. The molecular formula is C14H24N2O3S. The molecule has 1 fully saturated rings. The fourth-order valence-corrected chi connectivity index (χ4v) is 3.49. The normalized spacial score (nSPS) is 26.9. The van der Waals surface area contributed by atoms with Gasteiger partial charge < -0.3 is 4.90 Å². The van der Waals surface area contributed by atoms with Crippen LogP contribution in [0.2, 0.25) is 0 Å². The lowest BCUT2D eigenvalue weighted by atomic mass is 9.99. The average Bonchev–Trinajstić information content (AvgIpc) is 2.88. The number of carbonyl (C=O) groups is 1. The maximum absolute atomic E-state index is 12.4. The first-order chi connectivity index (χ1) is 9.46. The molecule has 0 aromatic rings. The van der Waals surface area contributed by atoms with Crippen LogP contribution in [0.25, 0.3) is 0 Å². The number of likely N-dealkylation sites (tertiary alicyclic amines) is 1. The molecule has 1 aliphatic carbocycles. The van der Waals surface area contributed by atoms with Crippen LogP contribution >= 0.6 is 0 Å². The molecule has 2 aliphatic rings. The van der Waals surface area contributed by atoms with Crippen LogP contribution < -0.4 is 4.72 Å². The smallest absolute Gasteiger partial charge is 0.223 e. The maximum atomic E-state index is 12.4. The van der Waals surface area contributed by atoms with Crippen molar-refractivity contribution in [1.82, 2.24) is 9.62 Å². The van der Waals surface area contributed by atoms with Gasteiger partial charge in [-0.1, -0.05) is 12.2 Å². The van der Waals surface area contributed by atoms with Crippen LogP contribution in [0.5, 0.6) is 0 Å². The van der Waals surface area contributed by atoms with E-state index in [0.29, 0.717) is 18.9 Å². The lowest BCUT2D eigenvalue weighted by Crippen LogP contribution is -2.49. The minimum absolute atomic E-state index is 0.0105. The van der Waals surface area contributed by atoms with Crippen LogP contribution in [0.3, 0.4) is 0 Å². The Morgan fingerprint density at radius 1 is 1.35 bits per heavy atom. The summed E-state index contributed by atoms with van der Waals surface area (Å²) in [5.41, 5.74) is 0. The van der Waals surface area contributed by atoms with E-state index in [9.17, 15) is 13.2 Å². The van der Waals surface area contributed by atoms with Gasteiger partial charge in [0.25, 0.3) is 0 Å². The summed E-state index contributed by atoms with van der Waals surface area (Å²) < 4.78 is 24.9. The number of rotatable bonds is 5. The number of nitrogens with zero attached hydrogens (tertiary/aromatic N) is 1. The third-order valence-corrected chi connectivity index (χ3v) is 4.77. The van der Waals surface area contributed by atoms with Gasteiger partial charge in [0.05, 0.1) is 6.26 Å². The zero-order chi connectivity index (χ0) is 14.6. The van der Waals surface area contributed by atoms with E-state index in [4.69, 9.17) is 0 Å². The number of allylic oxidation sites excluding steroid dienone is 2. The van der Waals surface area contributed by atoms with Crippen molar-refractivity contribution in [3.63, 3.8) is 0 Å². The molecular weight excluding hydrogens is 276 g/mol. The average molecular weight is 300 g/mol. The first-order valence-corrected chi connectivity index (χ1v) is 9.25. The van der Waals surface area contributed by atoms with Gasteiger partial charge in [0.2, 0.25) is 15.9 Å². The fraction of sp³-hybridized carbons (Fsp3) is 0.786. The summed E-state index contributed by atoms with van der Waals surface area (Å²) >= 11 is 0. The molecule has 1 heterocycles. The second kappa shape index (κ2) is 6.72. The van der Waals surface area contributed by atoms with E-state index in [-0.39, 0.29) is 11.9 Å². The highest BCUT2D eigenvalue weighted by molar-refractivity contribution is 7.88. The molecule has 0 aromatic heterocycles. The summed E-state index contributed by atoms with van der Waals surface area (Å²) in [6, 6.07) is 0.0105. The number of amides is 1. The molecule has 2 atom stereocenters. The molecule has 114 valence electrons. The highest BCUT2D eigenvalue weighted by Gasteiger charge is 2.28. The highest BCUT2D eigenvalue weighted by atomic mass is 32.2. The zero-order valence-corrected chi connectivity index (χ0v) is 12.9. The van der Waals surface area contributed by atoms with E-state index >= 15 is 0 Å². The van der Waals surface area contributed by atoms with Gasteiger partial charge in [0, 0.05) is 25.6 Å². The van der Waals surface area contributed by atoms with Crippen LogP contribution in [-0.2, 0) is 14.8 Å². The molecule has 6 heteroatoms. The molecule has 1 aliphatic heterocycles. The number of hydrogen-bond donors (Lipinski definition) is 1. The Morgan fingerprint density at radius 3 is 2.80 bits per heavy atom. The van der Waals surface area contributed by atoms with Gasteiger partial charge in [-0.3, -0.25) is 4.79 Å². The lowest BCUT2D eigenvalue weighted by molar-refractivity contribution is -0.135. The van der Waals surface area contributed by atoms with Crippen molar-refractivity contribution in [1.29, 1.82) is 0 Å². The van der Waals surface area contributed by atoms with E-state index in [0.717, 1.165) is 44.9 Å². The summed E-state index contributed by atoms with van der Waals surface area (Å²) in [5, 5.41) is 0. The Hall–Kier alpha value is -0.880. The molecule has 1 saturated heterocycles. The Labute approximate surface area is 121 Å². The van der Waals surface area contributed by atoms with Gasteiger partial charge in [-0.25, -0.2) is 13.1 Å². The van der Waals surface area contributed by atoms with Crippen molar-refractivity contribution in [2.24, 2.45) is 5.92 Å². The van der Waals surface area contributed by atoms with Crippen LogP contribution in [0.1, 0.15) is 38.5 Å². The fourth-order valence-electron chi connectivity index (χ4n) is 3.00. The molecule has 20 heavy (non-hydrogen) atoms. The summed E-state index contributed by atoms with van der Waals surface area (Å²) in [6.07, 6.45) is 11.1. The van der Waals surface area contributed by atoms with Crippen LogP contribution in [0.4, 0.5) is 0 Å². The van der Waals surface area contributed by atoms with Crippen LogP contribution in [-0.4, -0.2) is 44.6 Å². The quantitative estimate of drug-likeness (QED) is 0.778. The first kappa shape index (κ1) is 15.5. The van der Waals surface area contributed by atoms with E-state index in [1.165, 1.54) is 0 Å². The van der Waals surface area contributed by atoms with Crippen molar-refractivity contribution in [3.8, 4) is 0 Å². The van der Waals surface area contributed by atoms with Gasteiger partial charge in [-0.15, -0.1) is 0 Å². The topological polar surface area (TPSA) is 66.5 Å². The number of piperidine rings is 1. The lowest BCUT2D eigenvalue weighted by Gasteiger charge is -2.36. The molecule has 1 N–H and O–H groups in total. The maximum Gasteiger partial charge on any atom is 0.223 e. The molecule has 0 unspecified atom stereocenters. The van der Waals surface area contributed by atoms with Crippen LogP contribution in [0.15, 0.2) is 12.2 Å². The Kier molecular flexibility index (Phi) is 5.21. The van der Waals surface area contributed by atoms with Crippen molar-refractivity contribution in [2.45, 2.75) is 44.6 Å². The van der Waals surface area contributed by atoms with Gasteiger partial charge in [0.1, 0.15) is 0 Å². The summed E-state index contributed by atoms with van der Waals surface area (Å²) in [4.78, 5) is 14.3. The predicted octanol–water partition coefficient (Wildman–Crippen LogP) is 1.27. The second-order valence-electron chi connectivity index (χ2n) is 5.83. The van der Waals surface area contributed by atoms with Crippen molar-refractivity contribution < 1.29 is 13.2 Å². The second-order valence-corrected chi connectivity index (χ2v) is 7.66. The number of carbonyl (C=O) groups excluding carboxylic acids is 1. The third-order valence-electron chi connectivity index (χ3n) is 4.08. The summed E-state index contributed by atoms with van der Waals surface area (Å²) in [7, 11) is -3.19. The first-order valence-electron chi connectivity index (χ1n) is 7.36. The van der Waals surface area contributed by atoms with Crippen molar-refractivity contribution >= 4 is 15.9 Å². The predicted molar refractivity (Wildman–Crippen MR) is 78.7 cm³/mol. The van der Waals surface area contributed by atoms with E-state index < -0.39 is 10.0 Å². The molecule has 0 spiro atoms. The van der Waals surface area contributed by atoms with Gasteiger partial charge in [0.15, 0.2) is 0 Å². The molecule has 1 amide bonds. The monoisotopic (exact) mass is 300 g/mol. The number of nitrogens with one attached hydrogen (secondary N) is 1. The molecule has 5 nitrogen and oxygen atoms in total. The van der Waals surface area contributed by atoms with Gasteiger partial charge in [-0.05, 0) is 38.0 Å². The zero-order valence-electron chi connectivity index (χ0n) is 12.0. The summed E-state index contributed by atoms with van der Waals surface area (Å²) in [5.74, 6) is 0.537.